The molecule has 0 saturated carbocycles. The second-order valence-corrected chi connectivity index (χ2v) is 7.36. The van der Waals surface area contributed by atoms with E-state index in [1.165, 1.54) is 11.8 Å². The average molecular weight is 407 g/mol. The second kappa shape index (κ2) is 8.89. The van der Waals surface area contributed by atoms with Crippen LogP contribution in [-0.4, -0.2) is 24.0 Å². The van der Waals surface area contributed by atoms with Gasteiger partial charge in [-0.2, -0.15) is 5.10 Å². The van der Waals surface area contributed by atoms with Crippen LogP contribution in [0.5, 0.6) is 5.75 Å². The molecule has 0 saturated heterocycles. The van der Waals surface area contributed by atoms with Crippen molar-refractivity contribution in [2.75, 3.05) is 7.11 Å². The fourth-order valence-electron chi connectivity index (χ4n) is 1.94. The van der Waals surface area contributed by atoms with E-state index in [2.05, 4.69) is 26.5 Å². The number of nitrogens with one attached hydrogen (secondary N) is 1. The van der Waals surface area contributed by atoms with Crippen LogP contribution in [0.15, 0.2) is 63.0 Å². The van der Waals surface area contributed by atoms with E-state index in [9.17, 15) is 4.79 Å². The van der Waals surface area contributed by atoms with Crippen molar-refractivity contribution in [2.24, 2.45) is 5.10 Å². The first-order valence-corrected chi connectivity index (χ1v) is 9.08. The lowest BCUT2D eigenvalue weighted by atomic mass is 10.1. The molecule has 1 atom stereocenters. The lowest BCUT2D eigenvalue weighted by molar-refractivity contribution is -0.120. The summed E-state index contributed by atoms with van der Waals surface area (Å²) >= 11 is 4.95. The van der Waals surface area contributed by atoms with Gasteiger partial charge in [0.1, 0.15) is 5.75 Å². The summed E-state index contributed by atoms with van der Waals surface area (Å²) in [6, 6.07) is 15.5. The summed E-state index contributed by atoms with van der Waals surface area (Å²) in [5.41, 5.74) is 4.26. The molecule has 0 aliphatic carbocycles. The molecule has 0 aromatic heterocycles. The third-order valence-electron chi connectivity index (χ3n) is 3.33. The quantitative estimate of drug-likeness (QED) is 0.437. The number of carbonyl (C=O) groups excluding carboxylic acids is 1. The number of amides is 1. The Labute approximate surface area is 154 Å². The summed E-state index contributed by atoms with van der Waals surface area (Å²) < 4.78 is 6.05. The lowest BCUT2D eigenvalue weighted by Gasteiger charge is -2.10. The van der Waals surface area contributed by atoms with Gasteiger partial charge in [-0.25, -0.2) is 5.43 Å². The zero-order valence-corrected chi connectivity index (χ0v) is 16.1. The van der Waals surface area contributed by atoms with Crippen molar-refractivity contribution in [3.8, 4) is 5.75 Å². The van der Waals surface area contributed by atoms with Crippen LogP contribution in [0.2, 0.25) is 0 Å². The highest BCUT2D eigenvalue weighted by Crippen LogP contribution is 2.26. The van der Waals surface area contributed by atoms with Crippen LogP contribution in [0.25, 0.3) is 0 Å². The molecule has 0 radical (unpaired) electrons. The minimum absolute atomic E-state index is 0.129. The average Bonchev–Trinajstić information content (AvgIpc) is 2.60. The normalized spacial score (nSPS) is 12.6. The van der Waals surface area contributed by atoms with E-state index >= 15 is 0 Å². The number of hydrogen-bond donors (Lipinski definition) is 1. The molecule has 24 heavy (non-hydrogen) atoms. The molecule has 1 N–H and O–H groups in total. The standard InChI is InChI=1S/C18H19BrN2O2S/c1-12(14-9-10-17(23-3)16(19)11-14)20-21-18(22)13(2)24-15-7-5-4-6-8-15/h4-11,13H,1-3H3,(H,21,22). The Morgan fingerprint density at radius 2 is 1.96 bits per heavy atom. The Bertz CT molecular complexity index is 735. The topological polar surface area (TPSA) is 50.7 Å². The van der Waals surface area contributed by atoms with Crippen molar-refractivity contribution in [2.45, 2.75) is 24.0 Å². The predicted molar refractivity (Wildman–Crippen MR) is 103 cm³/mol. The van der Waals surface area contributed by atoms with E-state index in [0.29, 0.717) is 0 Å². The highest BCUT2D eigenvalue weighted by Gasteiger charge is 2.14. The van der Waals surface area contributed by atoms with Crippen LogP contribution in [0.4, 0.5) is 0 Å². The number of thioether (sulfide) groups is 1. The number of rotatable bonds is 6. The Hall–Kier alpha value is -1.79. The van der Waals surface area contributed by atoms with E-state index in [1.807, 2.05) is 62.4 Å². The molecule has 0 heterocycles. The molecule has 126 valence electrons. The molecule has 0 aliphatic heterocycles. The van der Waals surface area contributed by atoms with E-state index in [0.717, 1.165) is 26.4 Å². The second-order valence-electron chi connectivity index (χ2n) is 5.10. The number of halogens is 1. The van der Waals surface area contributed by atoms with E-state index in [1.54, 1.807) is 7.11 Å². The number of hydrazone groups is 1. The van der Waals surface area contributed by atoms with Crippen LogP contribution >= 0.6 is 27.7 Å². The molecule has 0 aliphatic rings. The molecule has 1 unspecified atom stereocenters. The van der Waals surface area contributed by atoms with Gasteiger partial charge in [0.05, 0.1) is 22.5 Å². The van der Waals surface area contributed by atoms with Gasteiger partial charge in [0, 0.05) is 4.90 Å². The van der Waals surface area contributed by atoms with E-state index in [-0.39, 0.29) is 11.2 Å². The maximum Gasteiger partial charge on any atom is 0.253 e. The van der Waals surface area contributed by atoms with Gasteiger partial charge in [-0.05, 0) is 65.7 Å². The molecule has 0 bridgehead atoms. The van der Waals surface area contributed by atoms with Gasteiger partial charge in [0.25, 0.3) is 5.91 Å². The van der Waals surface area contributed by atoms with Crippen LogP contribution in [0, 0.1) is 0 Å². The van der Waals surface area contributed by atoms with Crippen LogP contribution in [0.3, 0.4) is 0 Å². The first-order chi connectivity index (χ1) is 11.5. The molecule has 2 rings (SSSR count). The SMILES string of the molecule is COc1ccc(C(C)=NNC(=O)C(C)Sc2ccccc2)cc1Br. The van der Waals surface area contributed by atoms with Gasteiger partial charge in [0.15, 0.2) is 0 Å². The first-order valence-electron chi connectivity index (χ1n) is 7.41. The number of ether oxygens (including phenoxy) is 1. The smallest absolute Gasteiger partial charge is 0.253 e. The van der Waals surface area contributed by atoms with Crippen molar-refractivity contribution in [1.29, 1.82) is 0 Å². The lowest BCUT2D eigenvalue weighted by Crippen LogP contribution is -2.27. The van der Waals surface area contributed by atoms with Crippen molar-refractivity contribution in [3.05, 3.63) is 58.6 Å². The number of methoxy groups -OCH3 is 1. The Morgan fingerprint density at radius 3 is 2.58 bits per heavy atom. The zero-order chi connectivity index (χ0) is 17.5. The van der Waals surface area contributed by atoms with Gasteiger partial charge in [-0.15, -0.1) is 11.8 Å². The number of benzene rings is 2. The molecule has 2 aromatic rings. The molecule has 0 fully saturated rings. The maximum absolute atomic E-state index is 12.2. The van der Waals surface area contributed by atoms with Gasteiger partial charge in [-0.1, -0.05) is 18.2 Å². The Balaban J connectivity index is 1.98. The third-order valence-corrected chi connectivity index (χ3v) is 5.06. The number of hydrogen-bond acceptors (Lipinski definition) is 4. The summed E-state index contributed by atoms with van der Waals surface area (Å²) in [6.45, 7) is 3.71. The molecular weight excluding hydrogens is 388 g/mol. The van der Waals surface area contributed by atoms with Gasteiger partial charge in [0.2, 0.25) is 0 Å². The van der Waals surface area contributed by atoms with Crippen molar-refractivity contribution < 1.29 is 9.53 Å². The van der Waals surface area contributed by atoms with Gasteiger partial charge >= 0.3 is 0 Å². The zero-order valence-electron chi connectivity index (χ0n) is 13.7. The number of carbonyl (C=O) groups is 1. The monoisotopic (exact) mass is 406 g/mol. The van der Waals surface area contributed by atoms with Crippen molar-refractivity contribution in [1.82, 2.24) is 5.43 Å². The number of nitrogens with zero attached hydrogens (tertiary/aromatic N) is 1. The Kier molecular flexibility index (Phi) is 6.87. The van der Waals surface area contributed by atoms with Gasteiger partial charge in [-0.3, -0.25) is 4.79 Å². The molecular formula is C18H19BrN2O2S. The maximum atomic E-state index is 12.2. The van der Waals surface area contributed by atoms with E-state index in [4.69, 9.17) is 4.74 Å². The summed E-state index contributed by atoms with van der Waals surface area (Å²) in [7, 11) is 1.62. The van der Waals surface area contributed by atoms with Crippen LogP contribution in [-0.2, 0) is 4.79 Å². The van der Waals surface area contributed by atoms with Crippen molar-refractivity contribution >= 4 is 39.3 Å². The molecule has 2 aromatic carbocycles. The predicted octanol–water partition coefficient (Wildman–Crippen LogP) is 4.48. The summed E-state index contributed by atoms with van der Waals surface area (Å²) in [5.74, 6) is 0.624. The largest absolute Gasteiger partial charge is 0.496 e. The third kappa shape index (κ3) is 5.11. The molecule has 1 amide bonds. The minimum atomic E-state index is -0.230. The fourth-order valence-corrected chi connectivity index (χ4v) is 3.37. The molecule has 4 nitrogen and oxygen atoms in total. The summed E-state index contributed by atoms with van der Waals surface area (Å²) in [5, 5.41) is 3.97. The van der Waals surface area contributed by atoms with Crippen LogP contribution < -0.4 is 10.2 Å². The summed E-state index contributed by atoms with van der Waals surface area (Å²) in [6.07, 6.45) is 0. The summed E-state index contributed by atoms with van der Waals surface area (Å²) in [4.78, 5) is 13.2. The van der Waals surface area contributed by atoms with Crippen LogP contribution in [0.1, 0.15) is 19.4 Å². The fraction of sp³-hybridized carbons (Fsp3) is 0.222. The molecule has 0 spiro atoms. The van der Waals surface area contributed by atoms with Crippen molar-refractivity contribution in [3.63, 3.8) is 0 Å². The molecule has 6 heteroatoms. The highest BCUT2D eigenvalue weighted by atomic mass is 79.9. The van der Waals surface area contributed by atoms with Gasteiger partial charge < -0.3 is 4.74 Å². The highest BCUT2D eigenvalue weighted by molar-refractivity contribution is 9.10. The Morgan fingerprint density at radius 1 is 1.25 bits per heavy atom. The van der Waals surface area contributed by atoms with E-state index < -0.39 is 0 Å². The first kappa shape index (κ1) is 18.5. The minimum Gasteiger partial charge on any atom is -0.496 e.